The van der Waals surface area contributed by atoms with E-state index >= 15 is 0 Å². The monoisotopic (exact) mass is 411 g/mol. The van der Waals surface area contributed by atoms with Crippen molar-refractivity contribution in [2.45, 2.75) is 40.2 Å². The predicted octanol–water partition coefficient (Wildman–Crippen LogP) is 5.17. The fourth-order valence-corrected chi connectivity index (χ4v) is 4.66. The molecule has 0 radical (unpaired) electrons. The van der Waals surface area contributed by atoms with E-state index in [4.69, 9.17) is 0 Å². The molecule has 0 saturated heterocycles. The Labute approximate surface area is 185 Å². The first kappa shape index (κ1) is 21.1. The van der Waals surface area contributed by atoms with Crippen molar-refractivity contribution >= 4 is 0 Å². The molecule has 3 aromatic carbocycles. The Kier molecular flexibility index (Phi) is 6.06. The van der Waals surface area contributed by atoms with Crippen LogP contribution in [0.25, 0.3) is 5.69 Å². The van der Waals surface area contributed by atoms with Crippen LogP contribution in [0.3, 0.4) is 0 Å². The highest BCUT2D eigenvalue weighted by atomic mass is 16.3. The summed E-state index contributed by atoms with van der Waals surface area (Å²) in [5, 5.41) is 9.41. The molecule has 4 aromatic rings. The van der Waals surface area contributed by atoms with Crippen molar-refractivity contribution in [3.05, 3.63) is 118 Å². The minimum absolute atomic E-state index is 0.141. The van der Waals surface area contributed by atoms with Crippen LogP contribution in [0.2, 0.25) is 0 Å². The van der Waals surface area contributed by atoms with Gasteiger partial charge in [0, 0.05) is 19.8 Å². The summed E-state index contributed by atoms with van der Waals surface area (Å²) in [4.78, 5) is 0. The van der Waals surface area contributed by atoms with Gasteiger partial charge in [-0.3, -0.25) is 0 Å². The molecule has 0 unspecified atom stereocenters. The summed E-state index contributed by atoms with van der Waals surface area (Å²) in [5.74, 6) is 0.195. The molecule has 1 heterocycles. The lowest BCUT2D eigenvalue weighted by Gasteiger charge is -2.21. The first-order valence-corrected chi connectivity index (χ1v) is 10.9. The molecule has 3 heteroatoms. The molecule has 0 aliphatic rings. The molecule has 0 atom stereocenters. The maximum absolute atomic E-state index is 9.41. The lowest BCUT2D eigenvalue weighted by Crippen LogP contribution is -2.36. The second-order valence-electron chi connectivity index (χ2n) is 8.33. The van der Waals surface area contributed by atoms with E-state index in [0.717, 1.165) is 0 Å². The Morgan fingerprint density at radius 2 is 1.29 bits per heavy atom. The topological polar surface area (TPSA) is 29.0 Å². The number of benzene rings is 3. The second kappa shape index (κ2) is 8.91. The van der Waals surface area contributed by atoms with E-state index in [1.807, 2.05) is 0 Å². The molecule has 0 bridgehead atoms. The average Bonchev–Trinajstić information content (AvgIpc) is 3.04. The van der Waals surface area contributed by atoms with Gasteiger partial charge in [-0.05, 0) is 41.7 Å². The van der Waals surface area contributed by atoms with Gasteiger partial charge in [0.15, 0.2) is 0 Å². The molecular formula is C28H31N2O+. The highest BCUT2D eigenvalue weighted by Gasteiger charge is 2.23. The number of aliphatic hydroxyl groups excluding tert-OH is 1. The van der Waals surface area contributed by atoms with E-state index in [1.54, 1.807) is 0 Å². The summed E-state index contributed by atoms with van der Waals surface area (Å²) in [7, 11) is 0. The van der Waals surface area contributed by atoms with Gasteiger partial charge >= 0.3 is 0 Å². The number of hydrogen-bond acceptors (Lipinski definition) is 1. The SMILES string of the molecule is Cc1cc(C(c2ccccc2)c2ccccc2)cc(C)c1-n1c[n+](CCO)c(C)c1C. The Bertz CT molecular complexity index is 1110. The van der Waals surface area contributed by atoms with Crippen LogP contribution in [0.1, 0.15) is 45.1 Å². The molecule has 158 valence electrons. The highest BCUT2D eigenvalue weighted by Crippen LogP contribution is 2.35. The molecule has 31 heavy (non-hydrogen) atoms. The van der Waals surface area contributed by atoms with Gasteiger partial charge in [0.2, 0.25) is 6.33 Å². The third kappa shape index (κ3) is 4.06. The molecule has 0 aliphatic carbocycles. The molecular weight excluding hydrogens is 380 g/mol. The van der Waals surface area contributed by atoms with Crippen molar-refractivity contribution in [2.75, 3.05) is 6.61 Å². The van der Waals surface area contributed by atoms with Gasteiger partial charge in [0.05, 0.1) is 6.61 Å². The zero-order valence-electron chi connectivity index (χ0n) is 18.8. The summed E-state index contributed by atoms with van der Waals surface area (Å²) in [6, 6.07) is 26.1. The van der Waals surface area contributed by atoms with Gasteiger partial charge < -0.3 is 5.11 Å². The summed E-state index contributed by atoms with van der Waals surface area (Å²) in [6.07, 6.45) is 2.11. The second-order valence-corrected chi connectivity index (χ2v) is 8.33. The minimum Gasteiger partial charge on any atom is -0.392 e. The normalized spacial score (nSPS) is 11.3. The molecule has 0 saturated carbocycles. The number of rotatable bonds is 6. The van der Waals surface area contributed by atoms with E-state index in [1.165, 1.54) is 44.9 Å². The van der Waals surface area contributed by atoms with Crippen LogP contribution >= 0.6 is 0 Å². The molecule has 0 aliphatic heterocycles. The number of hydrogen-bond donors (Lipinski definition) is 1. The molecule has 0 amide bonds. The van der Waals surface area contributed by atoms with E-state index < -0.39 is 0 Å². The number of nitrogens with zero attached hydrogens (tertiary/aromatic N) is 2. The Morgan fingerprint density at radius 1 is 0.774 bits per heavy atom. The van der Waals surface area contributed by atoms with Crippen molar-refractivity contribution in [2.24, 2.45) is 0 Å². The lowest BCUT2D eigenvalue weighted by atomic mass is 9.83. The van der Waals surface area contributed by atoms with Gasteiger partial charge in [-0.1, -0.05) is 72.8 Å². The van der Waals surface area contributed by atoms with Crippen LogP contribution < -0.4 is 4.57 Å². The Morgan fingerprint density at radius 3 is 1.77 bits per heavy atom. The zero-order chi connectivity index (χ0) is 22.0. The maximum Gasteiger partial charge on any atom is 0.249 e. The quantitative estimate of drug-likeness (QED) is 0.344. The molecule has 4 rings (SSSR count). The van der Waals surface area contributed by atoms with E-state index in [0.29, 0.717) is 6.54 Å². The van der Waals surface area contributed by atoms with Crippen molar-refractivity contribution in [3.8, 4) is 5.69 Å². The summed E-state index contributed by atoms with van der Waals surface area (Å²) in [5.41, 5.74) is 10.0. The van der Waals surface area contributed by atoms with Gasteiger partial charge in [0.1, 0.15) is 23.6 Å². The largest absolute Gasteiger partial charge is 0.392 e. The number of aromatic nitrogens is 2. The predicted molar refractivity (Wildman–Crippen MR) is 126 cm³/mol. The van der Waals surface area contributed by atoms with Crippen molar-refractivity contribution < 1.29 is 9.67 Å². The van der Waals surface area contributed by atoms with E-state index in [9.17, 15) is 5.11 Å². The number of aliphatic hydroxyl groups is 1. The van der Waals surface area contributed by atoms with E-state index in [2.05, 4.69) is 116 Å². The summed E-state index contributed by atoms with van der Waals surface area (Å²) >= 11 is 0. The third-order valence-corrected chi connectivity index (χ3v) is 6.26. The highest BCUT2D eigenvalue weighted by molar-refractivity contribution is 5.54. The fourth-order valence-electron chi connectivity index (χ4n) is 4.66. The van der Waals surface area contributed by atoms with Gasteiger partial charge in [-0.2, -0.15) is 4.57 Å². The van der Waals surface area contributed by atoms with Crippen molar-refractivity contribution in [3.63, 3.8) is 0 Å². The maximum atomic E-state index is 9.41. The molecule has 1 aromatic heterocycles. The fraction of sp³-hybridized carbons (Fsp3) is 0.250. The molecule has 1 N–H and O–H groups in total. The molecule has 0 fully saturated rings. The summed E-state index contributed by atoms with van der Waals surface area (Å²) in [6.45, 7) is 9.41. The van der Waals surface area contributed by atoms with Crippen LogP contribution in [0.15, 0.2) is 79.1 Å². The van der Waals surface area contributed by atoms with Gasteiger partial charge in [0.25, 0.3) is 0 Å². The van der Waals surface area contributed by atoms with Crippen LogP contribution in [0, 0.1) is 27.7 Å². The van der Waals surface area contributed by atoms with Crippen molar-refractivity contribution in [1.82, 2.24) is 4.57 Å². The Hall–Kier alpha value is -3.17. The van der Waals surface area contributed by atoms with Crippen LogP contribution in [-0.4, -0.2) is 16.3 Å². The standard InChI is InChI=1S/C28H31N2O/c1-20-17-26(27(24-11-7-5-8-12-24)25-13-9-6-10-14-25)18-21(2)28(20)30-19-29(15-16-31)22(3)23(30)4/h5-14,17-19,27,31H,15-16H2,1-4H3/q+1. The van der Waals surface area contributed by atoms with Crippen LogP contribution in [0.5, 0.6) is 0 Å². The average molecular weight is 412 g/mol. The summed E-state index contributed by atoms with van der Waals surface area (Å²) < 4.78 is 4.39. The Balaban J connectivity index is 1.85. The molecule has 3 nitrogen and oxygen atoms in total. The number of imidazole rings is 1. The minimum atomic E-state index is 0.141. The molecule has 0 spiro atoms. The lowest BCUT2D eigenvalue weighted by molar-refractivity contribution is -0.703. The van der Waals surface area contributed by atoms with Gasteiger partial charge in [-0.15, -0.1) is 0 Å². The first-order valence-electron chi connectivity index (χ1n) is 10.9. The number of aryl methyl sites for hydroxylation is 2. The zero-order valence-corrected chi connectivity index (χ0v) is 18.8. The first-order chi connectivity index (χ1) is 15.0. The smallest absolute Gasteiger partial charge is 0.249 e. The van der Waals surface area contributed by atoms with Gasteiger partial charge in [-0.25, -0.2) is 4.57 Å². The van der Waals surface area contributed by atoms with E-state index in [-0.39, 0.29) is 12.5 Å². The third-order valence-electron chi connectivity index (χ3n) is 6.26. The van der Waals surface area contributed by atoms with Crippen molar-refractivity contribution in [1.29, 1.82) is 0 Å². The van der Waals surface area contributed by atoms with Crippen LogP contribution in [-0.2, 0) is 6.54 Å². The van der Waals surface area contributed by atoms with Crippen LogP contribution in [0.4, 0.5) is 0 Å².